The molecule has 0 atom stereocenters. The molecular formula is C11H8ClF2NO2. The predicted molar refractivity (Wildman–Crippen MR) is 57.0 cm³/mol. The van der Waals surface area contributed by atoms with Crippen molar-refractivity contribution in [3.05, 3.63) is 34.4 Å². The van der Waals surface area contributed by atoms with Crippen molar-refractivity contribution in [2.24, 2.45) is 0 Å². The average molecular weight is 260 g/mol. The van der Waals surface area contributed by atoms with E-state index in [0.29, 0.717) is 5.56 Å². The van der Waals surface area contributed by atoms with E-state index in [1.807, 2.05) is 0 Å². The second-order valence-electron chi connectivity index (χ2n) is 3.32. The molecule has 6 heteroatoms. The number of hydrogen-bond acceptors (Lipinski definition) is 2. The van der Waals surface area contributed by atoms with Crippen LogP contribution in [0.2, 0.25) is 0 Å². The van der Waals surface area contributed by atoms with Gasteiger partial charge < -0.3 is 5.11 Å². The van der Waals surface area contributed by atoms with E-state index >= 15 is 0 Å². The molecule has 0 saturated carbocycles. The van der Waals surface area contributed by atoms with Crippen LogP contribution in [0.3, 0.4) is 0 Å². The van der Waals surface area contributed by atoms with Gasteiger partial charge in [0.25, 0.3) is 6.43 Å². The van der Waals surface area contributed by atoms with Crippen LogP contribution in [0, 0.1) is 11.3 Å². The largest absolute Gasteiger partial charge is 0.481 e. The molecule has 0 aromatic heterocycles. The van der Waals surface area contributed by atoms with Crippen LogP contribution < -0.4 is 0 Å². The predicted octanol–water partition coefficient (Wildman–Crippen LogP) is 2.86. The molecule has 1 rings (SSSR count). The van der Waals surface area contributed by atoms with E-state index in [4.69, 9.17) is 22.0 Å². The van der Waals surface area contributed by atoms with Crippen molar-refractivity contribution in [1.82, 2.24) is 0 Å². The number of hydrogen-bond donors (Lipinski definition) is 1. The molecule has 0 radical (unpaired) electrons. The Bertz CT molecular complexity index is 483. The fraction of sp³-hybridized carbons (Fsp3) is 0.273. The Morgan fingerprint density at radius 3 is 2.53 bits per heavy atom. The molecule has 0 aliphatic rings. The number of nitrogens with zero attached hydrogens (tertiary/aromatic N) is 1. The van der Waals surface area contributed by atoms with Gasteiger partial charge in [0, 0.05) is 11.4 Å². The molecule has 0 bridgehead atoms. The number of benzene rings is 1. The van der Waals surface area contributed by atoms with E-state index < -0.39 is 24.4 Å². The summed E-state index contributed by atoms with van der Waals surface area (Å²) in [5.74, 6) is -1.16. The van der Waals surface area contributed by atoms with Crippen molar-refractivity contribution in [1.29, 1.82) is 5.26 Å². The summed E-state index contributed by atoms with van der Waals surface area (Å²) in [6.45, 7) is 0. The summed E-state index contributed by atoms with van der Waals surface area (Å²) in [5.41, 5.74) is -0.0424. The maximum absolute atomic E-state index is 12.6. The first-order valence-electron chi connectivity index (χ1n) is 4.61. The quantitative estimate of drug-likeness (QED) is 0.846. The van der Waals surface area contributed by atoms with E-state index in [-0.39, 0.29) is 17.0 Å². The van der Waals surface area contributed by atoms with E-state index in [1.165, 1.54) is 6.07 Å². The zero-order valence-corrected chi connectivity index (χ0v) is 9.34. The van der Waals surface area contributed by atoms with E-state index in [9.17, 15) is 13.6 Å². The maximum Gasteiger partial charge on any atom is 0.307 e. The minimum Gasteiger partial charge on any atom is -0.481 e. The third-order valence-corrected chi connectivity index (χ3v) is 2.50. The number of halogens is 3. The minimum absolute atomic E-state index is 0.0270. The number of carbonyl (C=O) groups is 1. The molecule has 1 N–H and O–H groups in total. The molecule has 1 aromatic rings. The lowest BCUT2D eigenvalue weighted by molar-refractivity contribution is -0.136. The highest BCUT2D eigenvalue weighted by Gasteiger charge is 2.17. The van der Waals surface area contributed by atoms with Gasteiger partial charge in [0.2, 0.25) is 0 Å². The molecule has 3 nitrogen and oxygen atoms in total. The molecule has 0 heterocycles. The average Bonchev–Trinajstić information content (AvgIpc) is 2.27. The number of nitriles is 1. The van der Waals surface area contributed by atoms with Crippen LogP contribution in [0.15, 0.2) is 12.1 Å². The Morgan fingerprint density at radius 1 is 1.47 bits per heavy atom. The molecule has 0 amide bonds. The monoisotopic (exact) mass is 259 g/mol. The first kappa shape index (κ1) is 13.4. The normalized spacial score (nSPS) is 10.3. The van der Waals surface area contributed by atoms with Gasteiger partial charge in [0.1, 0.15) is 0 Å². The SMILES string of the molecule is N#Cc1cc(CCl)c(CC(=O)O)cc1C(F)F. The highest BCUT2D eigenvalue weighted by Crippen LogP contribution is 2.27. The smallest absolute Gasteiger partial charge is 0.307 e. The summed E-state index contributed by atoms with van der Waals surface area (Å²) in [6.07, 6.45) is -3.21. The molecule has 90 valence electrons. The van der Waals surface area contributed by atoms with Crippen LogP contribution in [-0.4, -0.2) is 11.1 Å². The lowest BCUT2D eigenvalue weighted by Gasteiger charge is -2.10. The lowest BCUT2D eigenvalue weighted by atomic mass is 9.98. The van der Waals surface area contributed by atoms with E-state index in [1.54, 1.807) is 6.07 Å². The summed E-state index contributed by atoms with van der Waals surface area (Å²) in [5, 5.41) is 17.4. The van der Waals surface area contributed by atoms with Gasteiger partial charge >= 0.3 is 5.97 Å². The summed E-state index contributed by atoms with van der Waals surface area (Å²) in [7, 11) is 0. The van der Waals surface area contributed by atoms with Crippen molar-refractivity contribution < 1.29 is 18.7 Å². The van der Waals surface area contributed by atoms with Crippen molar-refractivity contribution in [2.75, 3.05) is 0 Å². The number of alkyl halides is 3. The maximum atomic E-state index is 12.6. The minimum atomic E-state index is -2.82. The van der Waals surface area contributed by atoms with Crippen LogP contribution in [0.5, 0.6) is 0 Å². The third-order valence-electron chi connectivity index (χ3n) is 2.21. The molecule has 0 saturated heterocycles. The topological polar surface area (TPSA) is 61.1 Å². The highest BCUT2D eigenvalue weighted by molar-refractivity contribution is 6.17. The number of rotatable bonds is 4. The molecular weight excluding hydrogens is 252 g/mol. The van der Waals surface area contributed by atoms with Crippen molar-refractivity contribution in [3.63, 3.8) is 0 Å². The van der Waals surface area contributed by atoms with Gasteiger partial charge in [-0.3, -0.25) is 4.79 Å². The standard InChI is InChI=1S/C11H8ClF2NO2/c12-4-7-1-8(5-15)9(11(13)14)2-6(7)3-10(16)17/h1-2,11H,3-4H2,(H,16,17). The molecule has 17 heavy (non-hydrogen) atoms. The summed E-state index contributed by atoms with van der Waals surface area (Å²) in [6, 6.07) is 3.90. The second kappa shape index (κ2) is 5.60. The van der Waals surface area contributed by atoms with Gasteiger partial charge in [-0.2, -0.15) is 5.26 Å². The number of carboxylic acids is 1. The Kier molecular flexibility index (Phi) is 4.41. The van der Waals surface area contributed by atoms with Gasteiger partial charge in [-0.15, -0.1) is 11.6 Å². The van der Waals surface area contributed by atoms with Gasteiger partial charge in [-0.1, -0.05) is 0 Å². The van der Waals surface area contributed by atoms with Gasteiger partial charge in [0.15, 0.2) is 0 Å². The second-order valence-corrected chi connectivity index (χ2v) is 3.59. The van der Waals surface area contributed by atoms with Gasteiger partial charge in [-0.25, -0.2) is 8.78 Å². The zero-order chi connectivity index (χ0) is 13.0. The van der Waals surface area contributed by atoms with E-state index in [2.05, 4.69) is 0 Å². The zero-order valence-electron chi connectivity index (χ0n) is 8.58. The summed E-state index contributed by atoms with van der Waals surface area (Å²) in [4.78, 5) is 10.6. The fourth-order valence-corrected chi connectivity index (χ4v) is 1.69. The number of aliphatic carboxylic acids is 1. The summed E-state index contributed by atoms with van der Waals surface area (Å²) < 4.78 is 25.3. The Morgan fingerprint density at radius 2 is 2.12 bits per heavy atom. The number of carboxylic acid groups (broad SMARTS) is 1. The van der Waals surface area contributed by atoms with Crippen molar-refractivity contribution in [2.45, 2.75) is 18.7 Å². The highest BCUT2D eigenvalue weighted by atomic mass is 35.5. The summed E-state index contributed by atoms with van der Waals surface area (Å²) >= 11 is 5.59. The first-order valence-corrected chi connectivity index (χ1v) is 5.14. The van der Waals surface area contributed by atoms with Crippen LogP contribution >= 0.6 is 11.6 Å². The Hall–Kier alpha value is -1.67. The third kappa shape index (κ3) is 3.14. The van der Waals surface area contributed by atoms with Crippen molar-refractivity contribution in [3.8, 4) is 6.07 Å². The van der Waals surface area contributed by atoms with Crippen LogP contribution in [0.1, 0.15) is 28.7 Å². The van der Waals surface area contributed by atoms with Crippen LogP contribution in [0.25, 0.3) is 0 Å². The Labute approximate surface area is 101 Å². The first-order chi connectivity index (χ1) is 7.99. The van der Waals surface area contributed by atoms with Gasteiger partial charge in [0.05, 0.1) is 18.1 Å². The lowest BCUT2D eigenvalue weighted by Crippen LogP contribution is -2.05. The molecule has 0 spiro atoms. The molecule has 0 aliphatic carbocycles. The van der Waals surface area contributed by atoms with Crippen LogP contribution in [-0.2, 0) is 17.1 Å². The molecule has 0 fully saturated rings. The van der Waals surface area contributed by atoms with Crippen LogP contribution in [0.4, 0.5) is 8.78 Å². The van der Waals surface area contributed by atoms with Crippen molar-refractivity contribution >= 4 is 17.6 Å². The molecule has 0 unspecified atom stereocenters. The Balaban J connectivity index is 3.34. The van der Waals surface area contributed by atoms with E-state index in [0.717, 1.165) is 6.07 Å². The molecule has 1 aromatic carbocycles. The molecule has 0 aliphatic heterocycles. The fourth-order valence-electron chi connectivity index (χ4n) is 1.44. The van der Waals surface area contributed by atoms with Gasteiger partial charge in [-0.05, 0) is 23.3 Å².